The van der Waals surface area contributed by atoms with E-state index in [9.17, 15) is 4.79 Å². The first-order valence-corrected chi connectivity index (χ1v) is 10.9. The van der Waals surface area contributed by atoms with Crippen molar-refractivity contribution in [3.63, 3.8) is 0 Å². The number of aryl methyl sites for hydroxylation is 1. The SMILES string of the molecule is CCCCc1nc(Cl)c(C(=O)OS)n1Cc1ccc(-c2ccccc2-c2nn[nH]n2)cc1. The molecule has 164 valence electrons. The molecule has 2 aromatic heterocycles. The zero-order valence-electron chi connectivity index (χ0n) is 17.3. The van der Waals surface area contributed by atoms with Gasteiger partial charge in [-0.1, -0.05) is 73.5 Å². The number of aromatic amines is 1. The highest BCUT2D eigenvalue weighted by Crippen LogP contribution is 2.30. The van der Waals surface area contributed by atoms with Crippen molar-refractivity contribution in [2.45, 2.75) is 32.7 Å². The van der Waals surface area contributed by atoms with Gasteiger partial charge < -0.3 is 8.75 Å². The van der Waals surface area contributed by atoms with Crippen LogP contribution in [-0.4, -0.2) is 36.1 Å². The van der Waals surface area contributed by atoms with Crippen LogP contribution in [0.2, 0.25) is 5.15 Å². The summed E-state index contributed by atoms with van der Waals surface area (Å²) in [5.74, 6) is 0.657. The maximum atomic E-state index is 12.3. The second-order valence-corrected chi connectivity index (χ2v) is 7.75. The van der Waals surface area contributed by atoms with E-state index >= 15 is 0 Å². The topological polar surface area (TPSA) is 98.6 Å². The highest BCUT2D eigenvalue weighted by molar-refractivity contribution is 7.75. The maximum absolute atomic E-state index is 12.3. The van der Waals surface area contributed by atoms with Crippen LogP contribution in [-0.2, 0) is 17.1 Å². The summed E-state index contributed by atoms with van der Waals surface area (Å²) in [6.45, 7) is 2.53. The Kier molecular flexibility index (Phi) is 6.87. The fourth-order valence-corrected chi connectivity index (χ4v) is 3.94. The fraction of sp³-hybridized carbons (Fsp3) is 0.227. The Morgan fingerprint density at radius 1 is 1.16 bits per heavy atom. The molecule has 2 aromatic carbocycles. The Morgan fingerprint density at radius 2 is 1.91 bits per heavy atom. The van der Waals surface area contributed by atoms with Crippen LogP contribution in [0.3, 0.4) is 0 Å². The number of halogens is 1. The van der Waals surface area contributed by atoms with Gasteiger partial charge in [0.2, 0.25) is 5.82 Å². The molecule has 0 saturated heterocycles. The predicted octanol–water partition coefficient (Wildman–Crippen LogP) is 4.78. The number of hydrogen-bond acceptors (Lipinski definition) is 7. The highest BCUT2D eigenvalue weighted by Gasteiger charge is 2.23. The van der Waals surface area contributed by atoms with Crippen LogP contribution >= 0.6 is 24.5 Å². The number of aromatic nitrogens is 6. The Balaban J connectivity index is 1.65. The number of imidazole rings is 1. The lowest BCUT2D eigenvalue weighted by atomic mass is 9.98. The summed E-state index contributed by atoms with van der Waals surface area (Å²) >= 11 is 9.90. The molecule has 0 spiro atoms. The monoisotopic (exact) mass is 468 g/mol. The second kappa shape index (κ2) is 9.97. The molecule has 4 rings (SSSR count). The van der Waals surface area contributed by atoms with Gasteiger partial charge in [-0.25, -0.2) is 9.78 Å². The predicted molar refractivity (Wildman–Crippen MR) is 124 cm³/mol. The van der Waals surface area contributed by atoms with Crippen molar-refractivity contribution in [3.8, 4) is 22.5 Å². The molecule has 0 amide bonds. The molecule has 0 aliphatic rings. The number of benzene rings is 2. The quantitative estimate of drug-likeness (QED) is 0.285. The lowest BCUT2D eigenvalue weighted by Gasteiger charge is -2.12. The first-order valence-electron chi connectivity index (χ1n) is 10.1. The molecule has 0 bridgehead atoms. The van der Waals surface area contributed by atoms with Crippen LogP contribution in [0, 0.1) is 0 Å². The minimum Gasteiger partial charge on any atom is -0.390 e. The fourth-order valence-electron chi connectivity index (χ4n) is 3.58. The van der Waals surface area contributed by atoms with E-state index in [0.29, 0.717) is 18.8 Å². The van der Waals surface area contributed by atoms with Crippen LogP contribution in [0.25, 0.3) is 22.5 Å². The van der Waals surface area contributed by atoms with E-state index in [-0.39, 0.29) is 10.8 Å². The first-order chi connectivity index (χ1) is 15.6. The normalized spacial score (nSPS) is 11.0. The van der Waals surface area contributed by atoms with E-state index in [4.69, 9.17) is 11.6 Å². The number of H-pyrrole nitrogens is 1. The average Bonchev–Trinajstić information content (AvgIpc) is 3.46. The summed E-state index contributed by atoms with van der Waals surface area (Å²) in [5, 5.41) is 14.5. The minimum atomic E-state index is -0.626. The maximum Gasteiger partial charge on any atom is 0.370 e. The van der Waals surface area contributed by atoms with Gasteiger partial charge in [-0.2, -0.15) is 5.21 Å². The molecule has 0 unspecified atom stereocenters. The standard InChI is InChI=1S/C22H21ClN6O2S/c1-2-3-8-18-24-20(23)19(22(30)31-32)29(18)13-14-9-11-15(12-10-14)16-6-4-5-7-17(16)21-25-27-28-26-21/h4-7,9-12,32H,2-3,8,13H2,1H3,(H,25,26,27,28). The molecule has 0 fully saturated rings. The lowest BCUT2D eigenvalue weighted by Crippen LogP contribution is -2.13. The van der Waals surface area contributed by atoms with Crippen LogP contribution in [0.15, 0.2) is 48.5 Å². The Bertz CT molecular complexity index is 1210. The van der Waals surface area contributed by atoms with E-state index in [1.54, 1.807) is 4.57 Å². The van der Waals surface area contributed by atoms with Gasteiger partial charge in [0.05, 0.1) is 0 Å². The summed E-state index contributed by atoms with van der Waals surface area (Å²) in [6.07, 6.45) is 2.66. The van der Waals surface area contributed by atoms with Crippen molar-refractivity contribution in [2.24, 2.45) is 0 Å². The van der Waals surface area contributed by atoms with Crippen molar-refractivity contribution >= 4 is 30.5 Å². The third-order valence-corrected chi connectivity index (χ3v) is 5.58. The van der Waals surface area contributed by atoms with Crippen LogP contribution in [0.1, 0.15) is 41.6 Å². The summed E-state index contributed by atoms with van der Waals surface area (Å²) in [5.41, 5.74) is 4.09. The average molecular weight is 469 g/mol. The van der Waals surface area contributed by atoms with E-state index in [2.05, 4.69) is 49.6 Å². The lowest BCUT2D eigenvalue weighted by molar-refractivity contribution is 0.0761. The summed E-state index contributed by atoms with van der Waals surface area (Å²) in [7, 11) is 0. The number of nitrogens with zero attached hydrogens (tertiary/aromatic N) is 5. The molecular formula is C22H21ClN6O2S. The third-order valence-electron chi connectivity index (χ3n) is 5.15. The van der Waals surface area contributed by atoms with E-state index in [1.165, 1.54) is 0 Å². The molecule has 0 atom stereocenters. The van der Waals surface area contributed by atoms with Gasteiger partial charge in [0.25, 0.3) is 0 Å². The molecular weight excluding hydrogens is 448 g/mol. The number of thiol groups is 1. The molecule has 0 aliphatic carbocycles. The van der Waals surface area contributed by atoms with Crippen LogP contribution in [0.4, 0.5) is 0 Å². The van der Waals surface area contributed by atoms with E-state index in [0.717, 1.165) is 40.9 Å². The number of nitrogens with one attached hydrogen (secondary N) is 1. The zero-order chi connectivity index (χ0) is 22.5. The Hall–Kier alpha value is -3.17. The molecule has 8 nitrogen and oxygen atoms in total. The molecule has 0 saturated carbocycles. The largest absolute Gasteiger partial charge is 0.390 e. The highest BCUT2D eigenvalue weighted by atomic mass is 35.5. The molecule has 32 heavy (non-hydrogen) atoms. The molecule has 4 aromatic rings. The molecule has 2 heterocycles. The van der Waals surface area contributed by atoms with Gasteiger partial charge in [-0.05, 0) is 28.3 Å². The Morgan fingerprint density at radius 3 is 2.56 bits per heavy atom. The number of tetrazole rings is 1. The van der Waals surface area contributed by atoms with E-state index < -0.39 is 5.97 Å². The summed E-state index contributed by atoms with van der Waals surface area (Å²) in [6, 6.07) is 15.9. The number of unbranched alkanes of at least 4 members (excludes halogenated alkanes) is 1. The molecule has 0 radical (unpaired) electrons. The first kappa shape index (κ1) is 22.0. The van der Waals surface area contributed by atoms with Crippen molar-refractivity contribution in [2.75, 3.05) is 0 Å². The zero-order valence-corrected chi connectivity index (χ0v) is 19.0. The van der Waals surface area contributed by atoms with Crippen molar-refractivity contribution in [1.29, 1.82) is 0 Å². The molecule has 0 aliphatic heterocycles. The number of hydrogen-bond donors (Lipinski definition) is 2. The second-order valence-electron chi connectivity index (χ2n) is 7.21. The molecule has 10 heteroatoms. The minimum absolute atomic E-state index is 0.126. The number of rotatable bonds is 8. The number of carbonyl (C=O) groups excluding carboxylic acids is 1. The van der Waals surface area contributed by atoms with Gasteiger partial charge in [-0.3, -0.25) is 0 Å². The van der Waals surface area contributed by atoms with Crippen LogP contribution < -0.4 is 0 Å². The smallest absolute Gasteiger partial charge is 0.370 e. The summed E-state index contributed by atoms with van der Waals surface area (Å²) in [4.78, 5) is 16.6. The van der Waals surface area contributed by atoms with Crippen molar-refractivity contribution in [1.82, 2.24) is 30.2 Å². The van der Waals surface area contributed by atoms with Crippen LogP contribution in [0.5, 0.6) is 0 Å². The number of carbonyl (C=O) groups is 1. The van der Waals surface area contributed by atoms with Gasteiger partial charge in [0.15, 0.2) is 10.8 Å². The van der Waals surface area contributed by atoms with Crippen molar-refractivity contribution < 1.29 is 8.98 Å². The van der Waals surface area contributed by atoms with Gasteiger partial charge >= 0.3 is 5.97 Å². The van der Waals surface area contributed by atoms with E-state index in [1.807, 2.05) is 48.5 Å². The third kappa shape index (κ3) is 4.53. The van der Waals surface area contributed by atoms with Crippen molar-refractivity contribution in [3.05, 3.63) is 70.8 Å². The van der Waals surface area contributed by atoms with Gasteiger partial charge in [0.1, 0.15) is 5.82 Å². The van der Waals surface area contributed by atoms with Gasteiger partial charge in [-0.15, -0.1) is 10.2 Å². The van der Waals surface area contributed by atoms with Gasteiger partial charge in [0, 0.05) is 31.4 Å². The molecule has 1 N–H and O–H groups in total. The Labute approximate surface area is 195 Å². The summed E-state index contributed by atoms with van der Waals surface area (Å²) < 4.78 is 6.43.